The fraction of sp³-hybridized carbons (Fsp3) is 0.500. The van der Waals surface area contributed by atoms with Crippen LogP contribution in [0.15, 0.2) is 24.3 Å². The molecule has 0 heterocycles. The molecule has 0 aliphatic carbocycles. The minimum Gasteiger partial charge on any atom is -0.396 e. The molecular weight excluding hydrogens is 295 g/mol. The van der Waals surface area contributed by atoms with E-state index in [9.17, 15) is 21.6 Å². The summed E-state index contributed by atoms with van der Waals surface area (Å²) in [4.78, 5) is 0. The number of aliphatic hydroxyl groups excluding tert-OH is 1. The van der Waals surface area contributed by atoms with Gasteiger partial charge >= 0.3 is 6.18 Å². The van der Waals surface area contributed by atoms with Crippen LogP contribution < -0.4 is 4.72 Å². The first-order valence-corrected chi connectivity index (χ1v) is 7.64. The maximum atomic E-state index is 11.9. The maximum Gasteiger partial charge on any atom is 0.389 e. The van der Waals surface area contributed by atoms with Crippen LogP contribution >= 0.6 is 0 Å². The molecule has 0 aliphatic rings. The Labute approximate surface area is 115 Å². The average Bonchev–Trinajstić information content (AvgIpc) is 2.29. The lowest BCUT2D eigenvalue weighted by Gasteiger charge is -2.09. The summed E-state index contributed by atoms with van der Waals surface area (Å²) in [7, 11) is -3.78. The molecule has 0 aromatic heterocycles. The molecule has 0 radical (unpaired) electrons. The number of nitrogens with one attached hydrogen (secondary N) is 1. The van der Waals surface area contributed by atoms with E-state index in [1.807, 2.05) is 0 Å². The molecule has 0 amide bonds. The van der Waals surface area contributed by atoms with E-state index in [1.54, 1.807) is 12.1 Å². The molecule has 0 unspecified atom stereocenters. The van der Waals surface area contributed by atoms with E-state index in [1.165, 1.54) is 12.1 Å². The second-order valence-electron chi connectivity index (χ2n) is 4.31. The summed E-state index contributed by atoms with van der Waals surface area (Å²) in [5.41, 5.74) is 1.13. The molecule has 8 heteroatoms. The average molecular weight is 311 g/mol. The molecule has 0 fully saturated rings. The summed E-state index contributed by atoms with van der Waals surface area (Å²) < 4.78 is 61.2. The smallest absolute Gasteiger partial charge is 0.389 e. The Morgan fingerprint density at radius 2 is 1.75 bits per heavy atom. The highest BCUT2D eigenvalue weighted by molar-refractivity contribution is 7.92. The van der Waals surface area contributed by atoms with Crippen LogP contribution in [0.25, 0.3) is 0 Å². The number of hydrogen-bond donors (Lipinski definition) is 2. The van der Waals surface area contributed by atoms with E-state index in [0.29, 0.717) is 12.1 Å². The zero-order valence-corrected chi connectivity index (χ0v) is 11.5. The van der Waals surface area contributed by atoms with Gasteiger partial charge in [-0.05, 0) is 30.5 Å². The Morgan fingerprint density at radius 1 is 1.15 bits per heavy atom. The number of anilines is 1. The van der Waals surface area contributed by atoms with Crippen LogP contribution in [-0.4, -0.2) is 32.1 Å². The molecule has 114 valence electrons. The topological polar surface area (TPSA) is 66.4 Å². The van der Waals surface area contributed by atoms with Crippen LogP contribution in [0.1, 0.15) is 18.4 Å². The Kier molecular flexibility index (Phi) is 5.82. The maximum absolute atomic E-state index is 11.9. The summed E-state index contributed by atoms with van der Waals surface area (Å²) in [5.74, 6) is -0.578. The highest BCUT2D eigenvalue weighted by atomic mass is 32.2. The number of aliphatic hydroxyl groups is 1. The van der Waals surface area contributed by atoms with Gasteiger partial charge in [0, 0.05) is 18.7 Å². The molecule has 0 bridgehead atoms. The lowest BCUT2D eigenvalue weighted by atomic mass is 10.1. The molecule has 2 N–H and O–H groups in total. The monoisotopic (exact) mass is 311 g/mol. The van der Waals surface area contributed by atoms with E-state index < -0.39 is 34.8 Å². The Hall–Kier alpha value is -1.28. The third-order valence-electron chi connectivity index (χ3n) is 2.50. The molecule has 0 spiro atoms. The molecule has 4 nitrogen and oxygen atoms in total. The Balaban J connectivity index is 2.53. The fourth-order valence-corrected chi connectivity index (χ4v) is 2.68. The van der Waals surface area contributed by atoms with Crippen molar-refractivity contribution in [3.63, 3.8) is 0 Å². The summed E-state index contributed by atoms with van der Waals surface area (Å²) >= 11 is 0. The predicted molar refractivity (Wildman–Crippen MR) is 69.9 cm³/mol. The van der Waals surface area contributed by atoms with Crippen molar-refractivity contribution in [3.8, 4) is 0 Å². The van der Waals surface area contributed by atoms with Crippen LogP contribution in [0, 0.1) is 0 Å². The SMILES string of the molecule is O=S(=O)(CCCC(F)(F)F)Nc1ccc(CCO)cc1. The van der Waals surface area contributed by atoms with Crippen molar-refractivity contribution in [3.05, 3.63) is 29.8 Å². The highest BCUT2D eigenvalue weighted by Crippen LogP contribution is 2.22. The number of halogens is 3. The highest BCUT2D eigenvalue weighted by Gasteiger charge is 2.27. The van der Waals surface area contributed by atoms with Crippen LogP contribution in [0.5, 0.6) is 0 Å². The Bertz CT molecular complexity index is 512. The zero-order chi connectivity index (χ0) is 15.2. The van der Waals surface area contributed by atoms with Crippen molar-refractivity contribution < 1.29 is 26.7 Å². The van der Waals surface area contributed by atoms with Gasteiger partial charge in [0.15, 0.2) is 0 Å². The van der Waals surface area contributed by atoms with Crippen molar-refractivity contribution >= 4 is 15.7 Å². The number of alkyl halides is 3. The summed E-state index contributed by atoms with van der Waals surface area (Å²) in [6, 6.07) is 6.30. The lowest BCUT2D eigenvalue weighted by molar-refractivity contribution is -0.134. The molecule has 1 aromatic rings. The zero-order valence-electron chi connectivity index (χ0n) is 10.7. The van der Waals surface area contributed by atoms with Gasteiger partial charge in [-0.3, -0.25) is 4.72 Å². The molecule has 1 aromatic carbocycles. The van der Waals surface area contributed by atoms with Crippen LogP contribution in [0.2, 0.25) is 0 Å². The van der Waals surface area contributed by atoms with Crippen molar-refractivity contribution in [2.24, 2.45) is 0 Å². The number of sulfonamides is 1. The standard InChI is InChI=1S/C12H16F3NO3S/c13-12(14,15)7-1-9-20(18,19)16-11-4-2-10(3-5-11)6-8-17/h2-5,16-17H,1,6-9H2. The second-order valence-corrected chi connectivity index (χ2v) is 6.15. The quantitative estimate of drug-likeness (QED) is 0.812. The van der Waals surface area contributed by atoms with Gasteiger partial charge in [0.25, 0.3) is 0 Å². The number of rotatable bonds is 7. The van der Waals surface area contributed by atoms with Gasteiger partial charge < -0.3 is 5.11 Å². The minimum atomic E-state index is -4.35. The predicted octanol–water partition coefficient (Wildman–Crippen LogP) is 2.31. The van der Waals surface area contributed by atoms with Crippen molar-refractivity contribution in [1.82, 2.24) is 0 Å². The normalized spacial score (nSPS) is 12.4. The molecular formula is C12H16F3NO3S. The molecule has 1 rings (SSSR count). The van der Waals surface area contributed by atoms with Gasteiger partial charge in [-0.25, -0.2) is 8.42 Å². The number of hydrogen-bond acceptors (Lipinski definition) is 3. The molecule has 0 aliphatic heterocycles. The van der Waals surface area contributed by atoms with Gasteiger partial charge in [-0.15, -0.1) is 0 Å². The summed E-state index contributed by atoms with van der Waals surface area (Å²) in [6.45, 7) is -0.0114. The summed E-state index contributed by atoms with van der Waals surface area (Å²) in [5, 5.41) is 8.73. The largest absolute Gasteiger partial charge is 0.396 e. The first-order chi connectivity index (χ1) is 9.22. The van der Waals surface area contributed by atoms with Gasteiger partial charge in [0.1, 0.15) is 0 Å². The third kappa shape index (κ3) is 6.76. The van der Waals surface area contributed by atoms with Crippen LogP contribution in [0.4, 0.5) is 18.9 Å². The van der Waals surface area contributed by atoms with Gasteiger partial charge in [-0.2, -0.15) is 13.2 Å². The number of benzene rings is 1. The van der Waals surface area contributed by atoms with E-state index in [-0.39, 0.29) is 6.61 Å². The minimum absolute atomic E-state index is 0.0114. The molecule has 20 heavy (non-hydrogen) atoms. The van der Waals surface area contributed by atoms with Crippen molar-refractivity contribution in [2.45, 2.75) is 25.4 Å². The van der Waals surface area contributed by atoms with Crippen LogP contribution in [0.3, 0.4) is 0 Å². The first-order valence-electron chi connectivity index (χ1n) is 5.99. The molecule has 0 saturated carbocycles. The van der Waals surface area contributed by atoms with Crippen molar-refractivity contribution in [1.29, 1.82) is 0 Å². The summed E-state index contributed by atoms with van der Waals surface area (Å²) in [6.07, 6.45) is -5.48. The third-order valence-corrected chi connectivity index (χ3v) is 3.87. The van der Waals surface area contributed by atoms with Crippen LogP contribution in [-0.2, 0) is 16.4 Å². The molecule has 0 saturated heterocycles. The second kappa shape index (κ2) is 6.94. The Morgan fingerprint density at radius 3 is 2.25 bits per heavy atom. The van der Waals surface area contributed by atoms with E-state index >= 15 is 0 Å². The fourth-order valence-electron chi connectivity index (χ4n) is 1.56. The van der Waals surface area contributed by atoms with Gasteiger partial charge in [0.05, 0.1) is 5.75 Å². The van der Waals surface area contributed by atoms with E-state index in [2.05, 4.69) is 4.72 Å². The van der Waals surface area contributed by atoms with E-state index in [4.69, 9.17) is 5.11 Å². The lowest BCUT2D eigenvalue weighted by Crippen LogP contribution is -2.18. The van der Waals surface area contributed by atoms with E-state index in [0.717, 1.165) is 5.56 Å². The van der Waals surface area contributed by atoms with Gasteiger partial charge in [-0.1, -0.05) is 12.1 Å². The first kappa shape index (κ1) is 16.8. The van der Waals surface area contributed by atoms with Crippen molar-refractivity contribution in [2.75, 3.05) is 17.1 Å². The molecule has 0 atom stereocenters. The van der Waals surface area contributed by atoms with Gasteiger partial charge in [0.2, 0.25) is 10.0 Å².